The molecule has 7 heteroatoms. The first-order chi connectivity index (χ1) is 8.50. The van der Waals surface area contributed by atoms with Crippen LogP contribution in [0.25, 0.3) is 0 Å². The Balaban J connectivity index is 2.11. The van der Waals surface area contributed by atoms with Gasteiger partial charge in [-0.3, -0.25) is 9.59 Å². The summed E-state index contributed by atoms with van der Waals surface area (Å²) in [6.07, 6.45) is 1.62. The number of aliphatic carboxylic acids is 1. The number of carboxylic acids is 1. The molecule has 2 aliphatic heterocycles. The predicted octanol–water partition coefficient (Wildman–Crippen LogP) is 0.523. The van der Waals surface area contributed by atoms with Crippen LogP contribution >= 0.6 is 11.8 Å². The third-order valence-electron chi connectivity index (χ3n) is 3.44. The summed E-state index contributed by atoms with van der Waals surface area (Å²) in [6.45, 7) is 2.30. The highest BCUT2D eigenvalue weighted by Gasteiger charge is 2.41. The second-order valence-electron chi connectivity index (χ2n) is 4.73. The molecule has 0 aromatic carbocycles. The molecule has 2 amide bonds. The third kappa shape index (κ3) is 2.45. The number of hydrogen-bond donors (Lipinski definition) is 2. The van der Waals surface area contributed by atoms with Crippen molar-refractivity contribution in [1.82, 2.24) is 10.2 Å². The zero-order valence-electron chi connectivity index (χ0n) is 10.1. The van der Waals surface area contributed by atoms with Gasteiger partial charge in [-0.2, -0.15) is 0 Å². The first-order valence-electron chi connectivity index (χ1n) is 5.97. The number of carboxylic acid groups (broad SMARTS) is 1. The Hall–Kier alpha value is -1.24. The third-order valence-corrected chi connectivity index (χ3v) is 4.32. The maximum Gasteiger partial charge on any atom is 0.326 e. The maximum atomic E-state index is 12.2. The van der Waals surface area contributed by atoms with Gasteiger partial charge in [0, 0.05) is 12.3 Å². The van der Waals surface area contributed by atoms with Crippen LogP contribution in [0.1, 0.15) is 19.8 Å². The van der Waals surface area contributed by atoms with Crippen molar-refractivity contribution >= 4 is 28.9 Å². The number of carbonyl (C=O) groups is 3. The highest BCUT2D eigenvalue weighted by molar-refractivity contribution is 8.14. The van der Waals surface area contributed by atoms with E-state index in [0.29, 0.717) is 12.3 Å². The minimum atomic E-state index is -0.965. The van der Waals surface area contributed by atoms with Gasteiger partial charge < -0.3 is 15.3 Å². The molecular formula is C11H16N2O4S. The fourth-order valence-electron chi connectivity index (χ4n) is 2.53. The molecule has 6 nitrogen and oxygen atoms in total. The molecule has 18 heavy (non-hydrogen) atoms. The van der Waals surface area contributed by atoms with E-state index in [2.05, 4.69) is 5.32 Å². The summed E-state index contributed by atoms with van der Waals surface area (Å²) in [7, 11) is 0. The zero-order chi connectivity index (χ0) is 13.3. The Morgan fingerprint density at radius 1 is 1.50 bits per heavy atom. The highest BCUT2D eigenvalue weighted by atomic mass is 32.2. The Kier molecular flexibility index (Phi) is 3.79. The van der Waals surface area contributed by atoms with Crippen LogP contribution in [0.15, 0.2) is 0 Å². The van der Waals surface area contributed by atoms with E-state index in [-0.39, 0.29) is 17.1 Å². The quantitative estimate of drug-likeness (QED) is 0.765. The number of carbonyl (C=O) groups excluding carboxylic acids is 2. The smallest absolute Gasteiger partial charge is 0.326 e. The van der Waals surface area contributed by atoms with Crippen molar-refractivity contribution < 1.29 is 19.5 Å². The largest absolute Gasteiger partial charge is 0.480 e. The minimum Gasteiger partial charge on any atom is -0.480 e. The zero-order valence-corrected chi connectivity index (χ0v) is 10.9. The summed E-state index contributed by atoms with van der Waals surface area (Å²) in [5, 5.41) is 11.6. The summed E-state index contributed by atoms with van der Waals surface area (Å²) in [5.41, 5.74) is 0. The van der Waals surface area contributed by atoms with Crippen LogP contribution in [0.4, 0.5) is 4.79 Å². The molecule has 0 aromatic rings. The van der Waals surface area contributed by atoms with E-state index in [1.54, 1.807) is 0 Å². The molecule has 3 unspecified atom stereocenters. The average molecular weight is 272 g/mol. The van der Waals surface area contributed by atoms with Crippen LogP contribution in [-0.4, -0.2) is 51.5 Å². The molecule has 2 rings (SSSR count). The van der Waals surface area contributed by atoms with Crippen molar-refractivity contribution in [1.29, 1.82) is 0 Å². The molecule has 2 saturated heterocycles. The van der Waals surface area contributed by atoms with Crippen molar-refractivity contribution in [2.45, 2.75) is 31.8 Å². The summed E-state index contributed by atoms with van der Waals surface area (Å²) in [4.78, 5) is 36.0. The number of likely N-dealkylation sites (tertiary alicyclic amines) is 1. The van der Waals surface area contributed by atoms with Crippen LogP contribution in [0, 0.1) is 5.92 Å². The molecule has 0 bridgehead atoms. The second-order valence-corrected chi connectivity index (χ2v) is 5.72. The lowest BCUT2D eigenvalue weighted by Gasteiger charge is -2.38. The number of hydrogen-bond acceptors (Lipinski definition) is 4. The molecule has 0 aliphatic carbocycles. The molecule has 2 fully saturated rings. The monoisotopic (exact) mass is 272 g/mol. The molecule has 100 valence electrons. The molecule has 2 N–H and O–H groups in total. The summed E-state index contributed by atoms with van der Waals surface area (Å²) >= 11 is 1.06. The van der Waals surface area contributed by atoms with Crippen LogP contribution in [0.2, 0.25) is 0 Å². The predicted molar refractivity (Wildman–Crippen MR) is 66.3 cm³/mol. The maximum absolute atomic E-state index is 12.2. The van der Waals surface area contributed by atoms with Crippen molar-refractivity contribution in [3.8, 4) is 0 Å². The molecule has 0 saturated carbocycles. The van der Waals surface area contributed by atoms with E-state index in [9.17, 15) is 19.5 Å². The second kappa shape index (κ2) is 5.17. The van der Waals surface area contributed by atoms with Crippen LogP contribution in [0.3, 0.4) is 0 Å². The van der Waals surface area contributed by atoms with Gasteiger partial charge in [0.1, 0.15) is 12.1 Å². The van der Waals surface area contributed by atoms with Gasteiger partial charge in [0.05, 0.1) is 0 Å². The first kappa shape index (κ1) is 13.2. The van der Waals surface area contributed by atoms with Gasteiger partial charge in [-0.1, -0.05) is 18.7 Å². The molecule has 2 heterocycles. The number of amides is 2. The van der Waals surface area contributed by atoms with Crippen LogP contribution in [-0.2, 0) is 9.59 Å². The fraction of sp³-hybridized carbons (Fsp3) is 0.727. The van der Waals surface area contributed by atoms with Crippen molar-refractivity contribution in [3.05, 3.63) is 0 Å². The lowest BCUT2D eigenvalue weighted by molar-refractivity contribution is -0.155. The number of nitrogens with zero attached hydrogens (tertiary/aromatic N) is 1. The normalized spacial score (nSPS) is 32.2. The Bertz CT molecular complexity index is 387. The van der Waals surface area contributed by atoms with Gasteiger partial charge in [-0.05, 0) is 18.8 Å². The SMILES string of the molecule is CC1CCCN(C(=O)C2CSC(=O)N2)C1C(=O)O. The van der Waals surface area contributed by atoms with Gasteiger partial charge in [0.25, 0.3) is 5.24 Å². The summed E-state index contributed by atoms with van der Waals surface area (Å²) in [6, 6.07) is -1.34. The van der Waals surface area contributed by atoms with E-state index >= 15 is 0 Å². The molecular weight excluding hydrogens is 256 g/mol. The standard InChI is InChI=1S/C11H16N2O4S/c1-6-3-2-4-13(8(6)10(15)16)9(14)7-5-18-11(17)12-7/h6-8H,2-5H2,1H3,(H,12,17)(H,15,16). The van der Waals surface area contributed by atoms with E-state index < -0.39 is 18.1 Å². The number of piperidine rings is 1. The van der Waals surface area contributed by atoms with E-state index in [0.717, 1.165) is 24.6 Å². The van der Waals surface area contributed by atoms with Crippen molar-refractivity contribution in [3.63, 3.8) is 0 Å². The van der Waals surface area contributed by atoms with Gasteiger partial charge in [-0.15, -0.1) is 0 Å². The number of nitrogens with one attached hydrogen (secondary N) is 1. The van der Waals surface area contributed by atoms with Crippen LogP contribution < -0.4 is 5.32 Å². The summed E-state index contributed by atoms with van der Waals surface area (Å²) < 4.78 is 0. The van der Waals surface area contributed by atoms with E-state index in [1.165, 1.54) is 4.90 Å². The van der Waals surface area contributed by atoms with Crippen molar-refractivity contribution in [2.75, 3.05) is 12.3 Å². The number of rotatable bonds is 2. The van der Waals surface area contributed by atoms with E-state index in [1.807, 2.05) is 6.92 Å². The molecule has 0 radical (unpaired) electrons. The lowest BCUT2D eigenvalue weighted by atomic mass is 9.90. The molecule has 0 spiro atoms. The highest BCUT2D eigenvalue weighted by Crippen LogP contribution is 2.25. The van der Waals surface area contributed by atoms with Crippen molar-refractivity contribution in [2.24, 2.45) is 5.92 Å². The Labute approximate surface area is 109 Å². The Morgan fingerprint density at radius 2 is 2.22 bits per heavy atom. The van der Waals surface area contributed by atoms with Gasteiger partial charge in [0.2, 0.25) is 5.91 Å². The molecule has 2 aliphatic rings. The number of thioether (sulfide) groups is 1. The fourth-order valence-corrected chi connectivity index (χ4v) is 3.30. The van der Waals surface area contributed by atoms with E-state index in [4.69, 9.17) is 0 Å². The first-order valence-corrected chi connectivity index (χ1v) is 6.96. The topological polar surface area (TPSA) is 86.7 Å². The minimum absolute atomic E-state index is 0.0510. The molecule has 0 aromatic heterocycles. The lowest BCUT2D eigenvalue weighted by Crippen LogP contribution is -2.56. The molecule has 3 atom stereocenters. The Morgan fingerprint density at radius 3 is 2.78 bits per heavy atom. The summed E-state index contributed by atoms with van der Waals surface area (Å²) in [5.74, 6) is -0.903. The average Bonchev–Trinajstić information content (AvgIpc) is 2.74. The van der Waals surface area contributed by atoms with Gasteiger partial charge in [0.15, 0.2) is 0 Å². The van der Waals surface area contributed by atoms with Gasteiger partial charge in [-0.25, -0.2) is 4.79 Å². The van der Waals surface area contributed by atoms with Gasteiger partial charge >= 0.3 is 5.97 Å². The van der Waals surface area contributed by atoms with Crippen LogP contribution in [0.5, 0.6) is 0 Å².